The fraction of sp³-hybridized carbons (Fsp3) is 0.500. The molecule has 0 saturated carbocycles. The monoisotopic (exact) mass is 206 g/mol. The molecule has 1 aliphatic rings. The number of aryl methyl sites for hydroxylation is 1. The first-order valence-electron chi connectivity index (χ1n) is 5.47. The van der Waals surface area contributed by atoms with Crippen LogP contribution in [0.15, 0.2) is 18.2 Å². The molecule has 82 valence electrons. The Bertz CT molecular complexity index is 332. The number of benzene rings is 1. The molecular weight excluding hydrogens is 188 g/mol. The summed E-state index contributed by atoms with van der Waals surface area (Å²) in [6.07, 6.45) is 0. The quantitative estimate of drug-likeness (QED) is 0.793. The molecule has 3 heteroatoms. The Labute approximate surface area is 91.0 Å². The molecule has 0 radical (unpaired) electrons. The van der Waals surface area contributed by atoms with E-state index < -0.39 is 0 Å². The van der Waals surface area contributed by atoms with Gasteiger partial charge in [0.2, 0.25) is 0 Å². The van der Waals surface area contributed by atoms with Gasteiger partial charge >= 0.3 is 0 Å². The smallest absolute Gasteiger partial charge is 0.150 e. The van der Waals surface area contributed by atoms with Crippen LogP contribution in [0.3, 0.4) is 0 Å². The van der Waals surface area contributed by atoms with Crippen molar-refractivity contribution in [1.82, 2.24) is 10.4 Å². The van der Waals surface area contributed by atoms with Crippen molar-refractivity contribution < 1.29 is 4.84 Å². The highest BCUT2D eigenvalue weighted by atomic mass is 16.7. The number of nitrogens with one attached hydrogen (secondary N) is 1. The predicted octanol–water partition coefficient (Wildman–Crippen LogP) is 1.50. The van der Waals surface area contributed by atoms with Crippen molar-refractivity contribution in [1.29, 1.82) is 0 Å². The Hall–Kier alpha value is -1.06. The van der Waals surface area contributed by atoms with Crippen molar-refractivity contribution in [2.24, 2.45) is 0 Å². The molecule has 1 aromatic carbocycles. The summed E-state index contributed by atoms with van der Waals surface area (Å²) >= 11 is 0. The topological polar surface area (TPSA) is 24.5 Å². The first-order chi connectivity index (χ1) is 7.27. The molecule has 0 aromatic heterocycles. The Balaban J connectivity index is 2.06. The maximum Gasteiger partial charge on any atom is 0.150 e. The minimum absolute atomic E-state index is 0.952. The number of hydrogen-bond acceptors (Lipinski definition) is 3. The van der Waals surface area contributed by atoms with Crippen LogP contribution in [0.2, 0.25) is 0 Å². The van der Waals surface area contributed by atoms with Crippen molar-refractivity contribution in [3.8, 4) is 5.75 Å². The maximum absolute atomic E-state index is 5.86. The van der Waals surface area contributed by atoms with Gasteiger partial charge in [0.15, 0.2) is 5.75 Å². The van der Waals surface area contributed by atoms with Gasteiger partial charge in [0.1, 0.15) is 0 Å². The number of hydrogen-bond donors (Lipinski definition) is 1. The van der Waals surface area contributed by atoms with Crippen molar-refractivity contribution in [2.45, 2.75) is 13.8 Å². The summed E-state index contributed by atoms with van der Waals surface area (Å²) in [6, 6.07) is 6.18. The summed E-state index contributed by atoms with van der Waals surface area (Å²) in [4.78, 5) is 5.86. The van der Waals surface area contributed by atoms with E-state index in [9.17, 15) is 0 Å². The van der Waals surface area contributed by atoms with Gasteiger partial charge in [0, 0.05) is 26.2 Å². The van der Waals surface area contributed by atoms with Crippen LogP contribution in [0.25, 0.3) is 0 Å². The molecule has 0 aliphatic carbocycles. The zero-order chi connectivity index (χ0) is 10.7. The molecule has 1 N–H and O–H groups in total. The van der Waals surface area contributed by atoms with Crippen LogP contribution in [0.1, 0.15) is 11.1 Å². The molecule has 1 fully saturated rings. The summed E-state index contributed by atoms with van der Waals surface area (Å²) < 4.78 is 0. The van der Waals surface area contributed by atoms with E-state index >= 15 is 0 Å². The van der Waals surface area contributed by atoms with E-state index in [1.54, 1.807) is 0 Å². The second kappa shape index (κ2) is 4.64. The molecule has 0 spiro atoms. The summed E-state index contributed by atoms with van der Waals surface area (Å²) in [5, 5.41) is 5.33. The second-order valence-electron chi connectivity index (χ2n) is 3.97. The largest absolute Gasteiger partial charge is 0.406 e. The fourth-order valence-corrected chi connectivity index (χ4v) is 1.70. The molecule has 0 bridgehead atoms. The minimum Gasteiger partial charge on any atom is -0.406 e. The van der Waals surface area contributed by atoms with Crippen molar-refractivity contribution in [2.75, 3.05) is 26.2 Å². The van der Waals surface area contributed by atoms with E-state index in [2.05, 4.69) is 25.2 Å². The third-order valence-electron chi connectivity index (χ3n) is 2.86. The van der Waals surface area contributed by atoms with Gasteiger partial charge in [-0.15, -0.1) is 5.06 Å². The summed E-state index contributed by atoms with van der Waals surface area (Å²) in [6.45, 7) is 8.13. The third kappa shape index (κ3) is 2.49. The van der Waals surface area contributed by atoms with Crippen LogP contribution in [0.4, 0.5) is 0 Å². The first-order valence-corrected chi connectivity index (χ1v) is 5.47. The molecule has 0 unspecified atom stereocenters. The van der Waals surface area contributed by atoms with E-state index in [-0.39, 0.29) is 0 Å². The lowest BCUT2D eigenvalue weighted by molar-refractivity contribution is -0.0670. The van der Waals surface area contributed by atoms with Crippen LogP contribution in [-0.4, -0.2) is 31.2 Å². The lowest BCUT2D eigenvalue weighted by Crippen LogP contribution is -2.45. The molecule has 3 nitrogen and oxygen atoms in total. The normalized spacial score (nSPS) is 17.7. The maximum atomic E-state index is 5.86. The molecule has 15 heavy (non-hydrogen) atoms. The molecule has 0 amide bonds. The van der Waals surface area contributed by atoms with Crippen LogP contribution >= 0.6 is 0 Å². The highest BCUT2D eigenvalue weighted by Gasteiger charge is 2.12. The van der Waals surface area contributed by atoms with Gasteiger partial charge in [-0.05, 0) is 31.0 Å². The lowest BCUT2D eigenvalue weighted by atomic mass is 10.1. The molecule has 2 rings (SSSR count). The van der Waals surface area contributed by atoms with Gasteiger partial charge in [0.05, 0.1) is 0 Å². The lowest BCUT2D eigenvalue weighted by Gasteiger charge is -2.27. The zero-order valence-electron chi connectivity index (χ0n) is 9.42. The predicted molar refractivity (Wildman–Crippen MR) is 61.0 cm³/mol. The van der Waals surface area contributed by atoms with E-state index in [1.165, 1.54) is 11.1 Å². The van der Waals surface area contributed by atoms with Crippen molar-refractivity contribution in [3.05, 3.63) is 29.3 Å². The van der Waals surface area contributed by atoms with Gasteiger partial charge in [-0.25, -0.2) is 0 Å². The molecule has 1 heterocycles. The van der Waals surface area contributed by atoms with E-state index in [1.807, 2.05) is 17.2 Å². The Morgan fingerprint density at radius 2 is 1.93 bits per heavy atom. The van der Waals surface area contributed by atoms with Crippen LogP contribution in [0, 0.1) is 13.8 Å². The summed E-state index contributed by atoms with van der Waals surface area (Å²) in [7, 11) is 0. The Morgan fingerprint density at radius 1 is 1.20 bits per heavy atom. The fourth-order valence-electron chi connectivity index (χ4n) is 1.70. The summed E-state index contributed by atoms with van der Waals surface area (Å²) in [5.74, 6) is 0.983. The molecule has 0 atom stereocenters. The number of hydroxylamine groups is 2. The first kappa shape index (κ1) is 10.5. The highest BCUT2D eigenvalue weighted by molar-refractivity contribution is 5.38. The van der Waals surface area contributed by atoms with Crippen molar-refractivity contribution >= 4 is 0 Å². The molecule has 1 saturated heterocycles. The Morgan fingerprint density at radius 3 is 2.67 bits per heavy atom. The van der Waals surface area contributed by atoms with Gasteiger partial charge < -0.3 is 10.2 Å². The standard InChI is InChI=1S/C12H18N2O/c1-10-4-3-5-12(11(10)2)15-14-8-6-13-7-9-14/h3-5,13H,6-9H2,1-2H3. The average molecular weight is 206 g/mol. The van der Waals surface area contributed by atoms with E-state index in [4.69, 9.17) is 4.84 Å². The van der Waals surface area contributed by atoms with Gasteiger partial charge in [-0.1, -0.05) is 12.1 Å². The number of rotatable bonds is 2. The molecule has 1 aromatic rings. The second-order valence-corrected chi connectivity index (χ2v) is 3.97. The van der Waals surface area contributed by atoms with E-state index in [0.29, 0.717) is 0 Å². The van der Waals surface area contributed by atoms with Gasteiger partial charge in [-0.3, -0.25) is 0 Å². The van der Waals surface area contributed by atoms with Crippen molar-refractivity contribution in [3.63, 3.8) is 0 Å². The zero-order valence-corrected chi connectivity index (χ0v) is 9.42. The van der Waals surface area contributed by atoms with Crippen LogP contribution < -0.4 is 10.2 Å². The summed E-state index contributed by atoms with van der Waals surface area (Å²) in [5.41, 5.74) is 2.51. The molecular formula is C12H18N2O. The average Bonchev–Trinajstić information content (AvgIpc) is 2.26. The Kier molecular flexibility index (Phi) is 3.23. The van der Waals surface area contributed by atoms with Gasteiger partial charge in [-0.2, -0.15) is 0 Å². The SMILES string of the molecule is Cc1cccc(ON2CCNCC2)c1C. The number of piperazine rings is 1. The third-order valence-corrected chi connectivity index (χ3v) is 2.86. The number of nitrogens with zero attached hydrogens (tertiary/aromatic N) is 1. The highest BCUT2D eigenvalue weighted by Crippen LogP contribution is 2.21. The minimum atomic E-state index is 0.952. The van der Waals surface area contributed by atoms with E-state index in [0.717, 1.165) is 31.9 Å². The van der Waals surface area contributed by atoms with Crippen LogP contribution in [0.5, 0.6) is 5.75 Å². The van der Waals surface area contributed by atoms with Crippen LogP contribution in [-0.2, 0) is 0 Å². The molecule has 1 aliphatic heterocycles. The van der Waals surface area contributed by atoms with Gasteiger partial charge in [0.25, 0.3) is 0 Å².